The zero-order valence-corrected chi connectivity index (χ0v) is 89.3. The van der Waals surface area contributed by atoms with Crippen LogP contribution in [0.15, 0.2) is 0 Å². The molecular formula is C100H173Cl3O32. The second-order valence-electron chi connectivity index (χ2n) is 38.0. The first kappa shape index (κ1) is 124. The van der Waals surface area contributed by atoms with Crippen molar-refractivity contribution in [2.24, 2.45) is 70.5 Å². The molecule has 0 radical (unpaired) electrons. The molecule has 0 aliphatic carbocycles. The molecule has 0 spiro atoms. The molecule has 32 nitrogen and oxygen atoms in total. The molecule has 0 aromatic heterocycles. The van der Waals surface area contributed by atoms with Crippen molar-refractivity contribution < 1.29 is 152 Å². The zero-order chi connectivity index (χ0) is 102. The van der Waals surface area contributed by atoms with Crippen LogP contribution in [0.3, 0.4) is 0 Å². The average molecular weight is 1990 g/mol. The van der Waals surface area contributed by atoms with Crippen LogP contribution in [0.1, 0.15) is 314 Å². The zero-order valence-electron chi connectivity index (χ0n) is 87.0. The van der Waals surface area contributed by atoms with E-state index in [-0.39, 0.29) is 158 Å². The molecule has 35 heteroatoms. The van der Waals surface area contributed by atoms with Crippen molar-refractivity contribution in [1.29, 1.82) is 0 Å². The van der Waals surface area contributed by atoms with E-state index in [1.54, 1.807) is 34.8 Å². The van der Waals surface area contributed by atoms with Gasteiger partial charge in [-0.25, -0.2) is 0 Å². The third-order valence-electron chi connectivity index (χ3n) is 26.4. The predicted molar refractivity (Wildman–Crippen MR) is 506 cm³/mol. The van der Waals surface area contributed by atoms with Crippen LogP contribution in [-0.2, 0) is 152 Å². The van der Waals surface area contributed by atoms with Gasteiger partial charge in [0.1, 0.15) is 11.2 Å². The highest BCUT2D eigenvalue weighted by molar-refractivity contribution is 6.66. The molecule has 0 saturated carbocycles. The van der Waals surface area contributed by atoms with E-state index in [9.17, 15) is 47.9 Å². The van der Waals surface area contributed by atoms with Gasteiger partial charge in [-0.3, -0.25) is 47.9 Å². The second kappa shape index (κ2) is 61.8. The number of esters is 10. The number of carbonyl (C=O) groups excluding carboxylic acids is 10. The Morgan fingerprint density at radius 2 is 0.770 bits per heavy atom. The van der Waals surface area contributed by atoms with Crippen molar-refractivity contribution in [1.82, 2.24) is 0 Å². The Morgan fingerprint density at radius 1 is 0.400 bits per heavy atom. The number of carbonyl (C=O) groups is 10. The summed E-state index contributed by atoms with van der Waals surface area (Å²) in [7, 11) is 8.48. The van der Waals surface area contributed by atoms with E-state index in [4.69, 9.17) is 139 Å². The number of hydrogen-bond donors (Lipinski definition) is 0. The van der Waals surface area contributed by atoms with E-state index in [0.29, 0.717) is 58.3 Å². The van der Waals surface area contributed by atoms with Crippen LogP contribution >= 0.6 is 34.8 Å². The number of hydrogen-bond acceptors (Lipinski definition) is 32. The summed E-state index contributed by atoms with van der Waals surface area (Å²) in [6.45, 7) is 49.0. The Kier molecular flexibility index (Phi) is 56.9. The Hall–Kier alpha value is -4.91. The molecule has 0 aromatic rings. The highest BCUT2D eigenvalue weighted by Crippen LogP contribution is 2.47. The van der Waals surface area contributed by atoms with Crippen molar-refractivity contribution >= 4 is 94.5 Å². The van der Waals surface area contributed by atoms with Crippen LogP contribution in [0.4, 0.5) is 0 Å². The lowest BCUT2D eigenvalue weighted by molar-refractivity contribution is -0.205. The number of alkyl halides is 3. The predicted octanol–water partition coefficient (Wildman–Crippen LogP) is 18.0. The number of halogens is 3. The molecule has 0 bridgehead atoms. The number of ether oxygens (including phenoxy) is 22. The molecular weight excluding hydrogens is 1820 g/mol. The maximum atomic E-state index is 12.6. The van der Waals surface area contributed by atoms with Gasteiger partial charge in [-0.15, -0.1) is 0 Å². The molecule has 9 heterocycles. The van der Waals surface area contributed by atoms with Crippen LogP contribution in [0, 0.1) is 70.5 Å². The molecule has 9 rings (SSSR count). The van der Waals surface area contributed by atoms with E-state index in [1.165, 1.54) is 35.5 Å². The SMILES string of the molecule is CCC1CC(C(CC(=O)OC)OC2CCCCO2)C(CC)O1.CCC1CC(C)(C(=O)OC2CCCCO2)C(CC)O1.CCC1OC(CC)C(C(=O)OC(C)(C)C)C1C(=O)OC.CCC1OC(CC)C(C(=O)OC(Cl)(Cl)Cl)C1C(=O)OC(C)(C)C.CCC1OC(CC)C(C(=O)OC)C1C(=O)OC.CCC1OC(CC)C(C(=O)OC)C1COC.CCOC(C)OC(=O)C1C(CC)OC(CC)C1C. The van der Waals surface area contributed by atoms with Crippen molar-refractivity contribution in [3.63, 3.8) is 0 Å². The minimum absolute atomic E-state index is 0.0220. The van der Waals surface area contributed by atoms with Crippen molar-refractivity contribution in [2.45, 2.75) is 439 Å². The average Bonchev–Trinajstić information content (AvgIpc) is 1.77. The van der Waals surface area contributed by atoms with Crippen LogP contribution in [-0.4, -0.2) is 254 Å². The molecule has 30 unspecified atom stereocenters. The lowest BCUT2D eigenvalue weighted by atomic mass is 9.80. The molecule has 0 N–H and O–H groups in total. The summed E-state index contributed by atoms with van der Waals surface area (Å²) in [6, 6.07) is 0. The maximum absolute atomic E-state index is 12.6. The van der Waals surface area contributed by atoms with Gasteiger partial charge in [0.15, 0.2) is 12.6 Å². The van der Waals surface area contributed by atoms with E-state index in [0.717, 1.165) is 109 Å². The van der Waals surface area contributed by atoms with Gasteiger partial charge in [0.25, 0.3) is 0 Å². The fourth-order valence-corrected chi connectivity index (χ4v) is 19.8. The van der Waals surface area contributed by atoms with Crippen LogP contribution in [0.5, 0.6) is 0 Å². The maximum Gasteiger partial charge on any atom is 0.340 e. The molecule has 9 aliphatic rings. The Balaban J connectivity index is 0.000000407. The Labute approximate surface area is 821 Å². The summed E-state index contributed by atoms with van der Waals surface area (Å²) in [5.74, 6) is -7.31. The summed E-state index contributed by atoms with van der Waals surface area (Å²) in [6.07, 6.45) is 16.5. The van der Waals surface area contributed by atoms with Gasteiger partial charge in [-0.1, -0.05) is 104 Å². The van der Waals surface area contributed by atoms with E-state index in [1.807, 2.05) is 90.0 Å². The smallest absolute Gasteiger partial charge is 0.340 e. The van der Waals surface area contributed by atoms with Crippen LogP contribution in [0.25, 0.3) is 0 Å². The van der Waals surface area contributed by atoms with Crippen molar-refractivity contribution in [3.8, 4) is 0 Å². The van der Waals surface area contributed by atoms with Gasteiger partial charge in [-0.2, -0.15) is 0 Å². The van der Waals surface area contributed by atoms with Gasteiger partial charge in [0.05, 0.1) is 200 Å². The third kappa shape index (κ3) is 37.7. The van der Waals surface area contributed by atoms with Gasteiger partial charge >= 0.3 is 63.7 Å². The van der Waals surface area contributed by atoms with Crippen molar-refractivity contribution in [3.05, 3.63) is 0 Å². The molecule has 0 aromatic carbocycles. The summed E-state index contributed by atoms with van der Waals surface area (Å²) < 4.78 is 117. The quantitative estimate of drug-likeness (QED) is 0.0250. The van der Waals surface area contributed by atoms with Crippen molar-refractivity contribution in [2.75, 3.05) is 69.1 Å². The summed E-state index contributed by atoms with van der Waals surface area (Å²) >= 11 is 16.6. The monoisotopic (exact) mass is 1990 g/mol. The highest BCUT2D eigenvalue weighted by atomic mass is 35.6. The molecule has 786 valence electrons. The fourth-order valence-electron chi connectivity index (χ4n) is 19.6. The highest BCUT2D eigenvalue weighted by Gasteiger charge is 2.58. The first-order valence-electron chi connectivity index (χ1n) is 49.9. The molecule has 135 heavy (non-hydrogen) atoms. The molecule has 9 aliphatic heterocycles. The topological polar surface area (TPSA) is 374 Å². The molecule has 30 atom stereocenters. The second-order valence-corrected chi connectivity index (χ2v) is 40.1. The normalized spacial score (nSPS) is 32.9. The van der Waals surface area contributed by atoms with Gasteiger partial charge in [0, 0.05) is 38.6 Å². The van der Waals surface area contributed by atoms with Gasteiger partial charge < -0.3 is 104 Å². The fraction of sp³-hybridized carbons (Fsp3) is 0.900. The molecule has 9 fully saturated rings. The lowest BCUT2D eigenvalue weighted by Gasteiger charge is -2.32. The number of methoxy groups -OCH3 is 6. The largest absolute Gasteiger partial charge is 0.469 e. The van der Waals surface area contributed by atoms with Crippen LogP contribution < -0.4 is 0 Å². The van der Waals surface area contributed by atoms with Crippen LogP contribution in [0.2, 0.25) is 0 Å². The van der Waals surface area contributed by atoms with Gasteiger partial charge in [0.2, 0.25) is 6.29 Å². The van der Waals surface area contributed by atoms with E-state index < -0.39 is 104 Å². The standard InChI is InChI=1S/C17H30O5.C15H23Cl3O5.C15H26O5.C15H26O4.C14H26O4.C12H20O5.C12H22O4/c1-4-12-10-13(14(5-2)21-12)15(11-16(18)19-3)22-17-8-6-7-9-20-17;1-6-8-10(12(19)22-14(3,4)5)11(9(7-2)21-8)13(20)23-15(16,17)18;1-7-9-11(13(16)18-6)12(10(8-2)19-9)14(17)20-15(3,4)5;1-4-11-10-15(3,12(5-2)18-11)14(16)19-13-8-6-7-9-17-13;1-6-11-9(4)13(12(7-2)18-11)14(15)17-10(5)16-8-3;1-5-7-9(11(13)15-3)10(12(14)16-4)8(6-2)17-7;1-5-9-8(7-14-3)11(12(13)15-4)10(6-2)16-9/h12-15,17H,4-11H2,1-3H3;8-11H,6-7H2,1-5H3;9-12H,7-8H2,1-6H3;11-13H,4-10H2,1-3H3;9-13H,6-8H2,1-5H3;7-10H,5-6H2,1-4H3;8-11H,5-7H2,1-4H3. The minimum Gasteiger partial charge on any atom is -0.469 e. The first-order valence-corrected chi connectivity index (χ1v) is 51.0. The molecule has 0 amide bonds. The Morgan fingerprint density at radius 3 is 1.12 bits per heavy atom. The number of rotatable bonds is 34. The summed E-state index contributed by atoms with van der Waals surface area (Å²) in [4.78, 5) is 121. The Bertz CT molecular complexity index is 3400. The molecule has 9 saturated heterocycles. The van der Waals surface area contributed by atoms with Gasteiger partial charge in [-0.05, 0) is 238 Å². The minimum atomic E-state index is -2.18. The summed E-state index contributed by atoms with van der Waals surface area (Å²) in [5, 5.41) is 0. The lowest BCUT2D eigenvalue weighted by Crippen LogP contribution is -2.40. The van der Waals surface area contributed by atoms with E-state index >= 15 is 0 Å². The first-order chi connectivity index (χ1) is 63.7. The van der Waals surface area contributed by atoms with E-state index in [2.05, 4.69) is 48.5 Å². The summed E-state index contributed by atoms with van der Waals surface area (Å²) in [5.41, 5.74) is -1.78. The third-order valence-corrected chi connectivity index (χ3v) is 26.7.